The average molecular weight is 446 g/mol. The number of quaternary nitrogens is 1. The van der Waals surface area contributed by atoms with Crippen LogP contribution in [0.2, 0.25) is 0 Å². The van der Waals surface area contributed by atoms with Crippen LogP contribution < -0.4 is 10.3 Å². The van der Waals surface area contributed by atoms with Gasteiger partial charge in [0, 0.05) is 18.3 Å². The summed E-state index contributed by atoms with van der Waals surface area (Å²) in [6, 6.07) is 29.8. The fourth-order valence-corrected chi connectivity index (χ4v) is 6.82. The fourth-order valence-electron chi connectivity index (χ4n) is 6.82. The highest BCUT2D eigenvalue weighted by molar-refractivity contribution is 6.63. The minimum absolute atomic E-state index is 0.0141. The van der Waals surface area contributed by atoms with E-state index >= 15 is 0 Å². The van der Waals surface area contributed by atoms with Crippen molar-refractivity contribution in [3.8, 4) is 0 Å². The topological polar surface area (TPSA) is 13.7 Å². The van der Waals surface area contributed by atoms with Gasteiger partial charge in [0.1, 0.15) is 6.04 Å². The molecule has 2 atom stereocenters. The maximum absolute atomic E-state index is 7.47. The summed E-state index contributed by atoms with van der Waals surface area (Å²) in [5.41, 5.74) is 8.68. The molecule has 6 rings (SSSR count). The van der Waals surface area contributed by atoms with Gasteiger partial charge in [-0.05, 0) is 49.6 Å². The molecule has 1 unspecified atom stereocenters. The van der Waals surface area contributed by atoms with E-state index in [-0.39, 0.29) is 7.05 Å². The lowest BCUT2D eigenvalue weighted by molar-refractivity contribution is -0.799. The van der Waals surface area contributed by atoms with Crippen molar-refractivity contribution in [2.24, 2.45) is 0 Å². The van der Waals surface area contributed by atoms with E-state index in [9.17, 15) is 0 Å². The Bertz CT molecular complexity index is 1300. The number of aryl methyl sites for hydroxylation is 4. The van der Waals surface area contributed by atoms with Crippen molar-refractivity contribution in [3.63, 3.8) is 0 Å². The highest BCUT2D eigenvalue weighted by Crippen LogP contribution is 2.43. The molecular weight excluding hydrogens is 413 g/mol. The highest BCUT2D eigenvalue weighted by atomic mass is 16.5. The molecule has 0 radical (unpaired) electrons. The van der Waals surface area contributed by atoms with E-state index in [1.54, 1.807) is 4.81 Å². The Morgan fingerprint density at radius 1 is 0.765 bits per heavy atom. The van der Waals surface area contributed by atoms with E-state index in [2.05, 4.69) is 107 Å². The van der Waals surface area contributed by atoms with Gasteiger partial charge in [0.05, 0.1) is 6.54 Å². The maximum atomic E-state index is 7.47. The van der Waals surface area contributed by atoms with Crippen LogP contribution >= 0.6 is 0 Å². The fraction of sp³-hybridized carbons (Fsp3) is 0.290. The van der Waals surface area contributed by atoms with Gasteiger partial charge in [-0.25, -0.2) is 0 Å². The zero-order chi connectivity index (χ0) is 23.4. The van der Waals surface area contributed by atoms with Crippen LogP contribution in [-0.4, -0.2) is 19.6 Å². The molecule has 170 valence electrons. The lowest BCUT2D eigenvalue weighted by Crippen LogP contribution is -3.19. The molecule has 1 N–H and O–H groups in total. The molecule has 0 bridgehead atoms. The maximum Gasteiger partial charge on any atom is 0.611 e. The first-order valence-electron chi connectivity index (χ1n) is 12.6. The molecule has 2 heterocycles. The number of fused-ring (bicyclic) bond motifs is 2. The Kier molecular flexibility index (Phi) is 5.16. The summed E-state index contributed by atoms with van der Waals surface area (Å²) in [7, 11) is 0.0141. The first-order chi connectivity index (χ1) is 16.5. The van der Waals surface area contributed by atoms with Crippen molar-refractivity contribution in [3.05, 3.63) is 112 Å². The molecule has 2 nitrogen and oxygen atoms in total. The molecule has 0 saturated carbocycles. The van der Waals surface area contributed by atoms with Gasteiger partial charge in [0.2, 0.25) is 0 Å². The summed E-state index contributed by atoms with van der Waals surface area (Å²) < 4.78 is 7.47. The molecule has 2 saturated heterocycles. The largest absolute Gasteiger partial charge is 0.611 e. The van der Waals surface area contributed by atoms with E-state index in [1.165, 1.54) is 62.5 Å². The predicted molar refractivity (Wildman–Crippen MR) is 142 cm³/mol. The second-order valence-corrected chi connectivity index (χ2v) is 10.6. The molecule has 4 aromatic rings. The predicted octanol–water partition coefficient (Wildman–Crippen LogP) is 4.79. The van der Waals surface area contributed by atoms with Crippen LogP contribution in [0.3, 0.4) is 0 Å². The van der Waals surface area contributed by atoms with E-state index in [0.717, 1.165) is 6.54 Å². The van der Waals surface area contributed by atoms with Crippen molar-refractivity contribution < 1.29 is 9.47 Å². The molecule has 0 aliphatic carbocycles. The number of hydrogen-bond donors (Lipinski definition) is 1. The molecule has 34 heavy (non-hydrogen) atoms. The van der Waals surface area contributed by atoms with Gasteiger partial charge in [0.15, 0.2) is 5.60 Å². The third-order valence-corrected chi connectivity index (χ3v) is 7.94. The summed E-state index contributed by atoms with van der Waals surface area (Å²) >= 11 is 0. The summed E-state index contributed by atoms with van der Waals surface area (Å²) in [4.78, 5) is 1.58. The average Bonchev–Trinajstić information content (AvgIpc) is 3.40. The molecule has 2 aliphatic heterocycles. The Morgan fingerprint density at radius 3 is 2.00 bits per heavy atom. The van der Waals surface area contributed by atoms with Crippen LogP contribution in [-0.2, 0) is 10.3 Å². The summed E-state index contributed by atoms with van der Waals surface area (Å²) in [5.74, 6) is 0. The first kappa shape index (κ1) is 21.6. The van der Waals surface area contributed by atoms with E-state index < -0.39 is 5.60 Å². The molecule has 0 amide bonds. The van der Waals surface area contributed by atoms with Crippen LogP contribution in [0.1, 0.15) is 46.2 Å². The molecule has 0 aromatic heterocycles. The SMILES string of the molecule is Cc1cc(C)cc(C2(c3cc(C)cc(C)c3)OB(c3cccc4ccccc34)[NH+]3CCC[C@@H]32)c1. The quantitative estimate of drug-likeness (QED) is 0.447. The molecule has 4 aromatic carbocycles. The highest BCUT2D eigenvalue weighted by Gasteiger charge is 2.64. The van der Waals surface area contributed by atoms with Gasteiger partial charge in [0.25, 0.3) is 0 Å². The number of nitrogens with one attached hydrogen (secondary N) is 1. The Balaban J connectivity index is 1.61. The van der Waals surface area contributed by atoms with Gasteiger partial charge >= 0.3 is 7.05 Å². The third kappa shape index (κ3) is 3.33. The van der Waals surface area contributed by atoms with Gasteiger partial charge in [-0.3, -0.25) is 0 Å². The standard InChI is InChI=1S/C31H32BNO/c1-21-15-22(2)18-26(17-21)31(27-19-23(3)16-24(4)20-27)30-13-8-14-33(30)32(34-31)29-12-7-10-25-9-5-6-11-28(25)29/h5-7,9-12,15-20,30H,8,13-14H2,1-4H3/p+1/t30-/m1/s1. The van der Waals surface area contributed by atoms with E-state index in [4.69, 9.17) is 4.65 Å². The molecule has 3 heteroatoms. The van der Waals surface area contributed by atoms with Crippen LogP contribution in [0.15, 0.2) is 78.9 Å². The van der Waals surface area contributed by atoms with Gasteiger partial charge in [-0.2, -0.15) is 0 Å². The smallest absolute Gasteiger partial charge is 0.368 e. The Morgan fingerprint density at radius 2 is 1.35 bits per heavy atom. The Hall–Kier alpha value is -2.88. The minimum atomic E-state index is -0.457. The summed E-state index contributed by atoms with van der Waals surface area (Å²) in [5, 5.41) is 2.60. The monoisotopic (exact) mass is 446 g/mol. The molecule has 2 aliphatic rings. The molecule has 2 fully saturated rings. The van der Waals surface area contributed by atoms with Crippen molar-refractivity contribution >= 4 is 23.3 Å². The van der Waals surface area contributed by atoms with E-state index in [0.29, 0.717) is 6.04 Å². The molecule has 0 spiro atoms. The van der Waals surface area contributed by atoms with Crippen LogP contribution in [0, 0.1) is 27.7 Å². The van der Waals surface area contributed by atoms with Crippen LogP contribution in [0.4, 0.5) is 0 Å². The van der Waals surface area contributed by atoms with E-state index in [1.807, 2.05) is 0 Å². The van der Waals surface area contributed by atoms with Gasteiger partial charge in [-0.1, -0.05) is 101 Å². The molecular formula is C31H33BNO+. The van der Waals surface area contributed by atoms with Gasteiger partial charge in [-0.15, -0.1) is 0 Å². The number of rotatable bonds is 3. The number of hydrogen-bond acceptors (Lipinski definition) is 1. The van der Waals surface area contributed by atoms with Crippen molar-refractivity contribution in [1.82, 2.24) is 0 Å². The zero-order valence-corrected chi connectivity index (χ0v) is 20.7. The Labute approximate surface area is 203 Å². The zero-order valence-electron chi connectivity index (χ0n) is 20.7. The lowest BCUT2D eigenvalue weighted by atomic mass is 9.70. The normalized spacial score (nSPS) is 21.2. The van der Waals surface area contributed by atoms with Crippen LogP contribution in [0.5, 0.6) is 0 Å². The second-order valence-electron chi connectivity index (χ2n) is 10.6. The van der Waals surface area contributed by atoms with Crippen molar-refractivity contribution in [2.45, 2.75) is 52.2 Å². The first-order valence-corrected chi connectivity index (χ1v) is 12.6. The summed E-state index contributed by atoms with van der Waals surface area (Å²) in [6.07, 6.45) is 2.42. The third-order valence-electron chi connectivity index (χ3n) is 7.94. The van der Waals surface area contributed by atoms with Gasteiger partial charge < -0.3 is 9.47 Å². The van der Waals surface area contributed by atoms with Crippen molar-refractivity contribution in [2.75, 3.05) is 6.54 Å². The lowest BCUT2D eigenvalue weighted by Gasteiger charge is -2.34. The van der Waals surface area contributed by atoms with Crippen molar-refractivity contribution in [1.29, 1.82) is 0 Å². The summed E-state index contributed by atoms with van der Waals surface area (Å²) in [6.45, 7) is 9.99. The second kappa shape index (κ2) is 8.11. The van der Waals surface area contributed by atoms with Crippen LogP contribution in [0.25, 0.3) is 10.8 Å². The number of benzene rings is 4. The minimum Gasteiger partial charge on any atom is -0.368 e.